The minimum absolute atomic E-state index is 0.0155. The Morgan fingerprint density at radius 2 is 1.55 bits per heavy atom. The molecule has 4 rings (SSSR count). The molecule has 0 amide bonds. The molecule has 5 heteroatoms. The predicted octanol–water partition coefficient (Wildman–Crippen LogP) is 7.55. The Hall–Kier alpha value is -2.23. The molecular weight excluding hydrogens is 431 g/mol. The lowest BCUT2D eigenvalue weighted by atomic mass is 9.97. The summed E-state index contributed by atoms with van der Waals surface area (Å²) in [6.07, 6.45) is 3.66. The van der Waals surface area contributed by atoms with E-state index in [1.54, 1.807) is 0 Å². The first-order valence-corrected chi connectivity index (χ1v) is 12.7. The zero-order valence-electron chi connectivity index (χ0n) is 19.8. The van der Waals surface area contributed by atoms with Crippen molar-refractivity contribution < 1.29 is 18.7 Å². The third-order valence-electron chi connectivity index (χ3n) is 5.45. The molecule has 0 aromatic heterocycles. The van der Waals surface area contributed by atoms with Crippen LogP contribution in [0.2, 0.25) is 0 Å². The first kappa shape index (κ1) is 25.4. The first-order valence-electron chi connectivity index (χ1n) is 11.6. The van der Waals surface area contributed by atoms with Crippen LogP contribution < -0.4 is 4.74 Å². The lowest BCUT2D eigenvalue weighted by Gasteiger charge is -2.19. The Bertz CT molecular complexity index is 943. The number of rotatable bonds is 10. The normalized spacial score (nSPS) is 13.8. The summed E-state index contributed by atoms with van der Waals surface area (Å²) >= 11 is 0. The summed E-state index contributed by atoms with van der Waals surface area (Å²) in [4.78, 5) is 9.93. The SMILES string of the molecule is CC(C)c1cccc(CC2CC2)c1OCOP(O)OCc1ccccc1.Cc1ccccc1. The number of hydrogen-bond acceptors (Lipinski definition) is 4. The van der Waals surface area contributed by atoms with Crippen LogP contribution in [-0.2, 0) is 22.1 Å². The lowest BCUT2D eigenvalue weighted by molar-refractivity contribution is 0.0879. The molecule has 0 radical (unpaired) electrons. The fourth-order valence-electron chi connectivity index (χ4n) is 3.44. The van der Waals surface area contributed by atoms with E-state index < -0.39 is 8.60 Å². The average Bonchev–Trinajstić information content (AvgIpc) is 3.64. The van der Waals surface area contributed by atoms with Gasteiger partial charge in [0.25, 0.3) is 0 Å². The van der Waals surface area contributed by atoms with Gasteiger partial charge in [-0.15, -0.1) is 0 Å². The molecule has 0 heterocycles. The largest absolute Gasteiger partial charge is 0.466 e. The average molecular weight is 467 g/mol. The third kappa shape index (κ3) is 9.27. The smallest absolute Gasteiger partial charge is 0.333 e. The fourth-order valence-corrected chi connectivity index (χ4v) is 3.91. The Kier molecular flexibility index (Phi) is 10.4. The van der Waals surface area contributed by atoms with Gasteiger partial charge in [-0.2, -0.15) is 0 Å². The molecule has 1 aliphatic rings. The van der Waals surface area contributed by atoms with Crippen molar-refractivity contribution in [3.05, 3.63) is 101 Å². The van der Waals surface area contributed by atoms with Gasteiger partial charge in [0.15, 0.2) is 6.79 Å². The van der Waals surface area contributed by atoms with Gasteiger partial charge in [-0.1, -0.05) is 98.3 Å². The molecule has 1 atom stereocenters. The van der Waals surface area contributed by atoms with Crippen LogP contribution >= 0.6 is 8.60 Å². The molecule has 1 N–H and O–H groups in total. The quantitative estimate of drug-likeness (QED) is 0.248. The molecule has 1 aliphatic carbocycles. The Balaban J connectivity index is 0.000000374. The molecule has 0 saturated heterocycles. The molecule has 0 spiro atoms. The second-order valence-electron chi connectivity index (χ2n) is 8.68. The summed E-state index contributed by atoms with van der Waals surface area (Å²) in [5.41, 5.74) is 4.73. The van der Waals surface area contributed by atoms with Gasteiger partial charge in [0.1, 0.15) is 5.75 Å². The second-order valence-corrected chi connectivity index (χ2v) is 9.67. The molecule has 1 unspecified atom stereocenters. The van der Waals surface area contributed by atoms with Crippen LogP contribution in [0.3, 0.4) is 0 Å². The van der Waals surface area contributed by atoms with Crippen LogP contribution in [0.25, 0.3) is 0 Å². The Morgan fingerprint density at radius 3 is 2.12 bits per heavy atom. The van der Waals surface area contributed by atoms with Gasteiger partial charge in [0.05, 0.1) is 6.61 Å². The molecule has 1 saturated carbocycles. The highest BCUT2D eigenvalue weighted by atomic mass is 31.2. The van der Waals surface area contributed by atoms with Gasteiger partial charge < -0.3 is 14.2 Å². The van der Waals surface area contributed by atoms with Crippen LogP contribution in [0, 0.1) is 12.8 Å². The monoisotopic (exact) mass is 466 g/mol. The van der Waals surface area contributed by atoms with Crippen molar-refractivity contribution in [3.63, 3.8) is 0 Å². The van der Waals surface area contributed by atoms with Crippen LogP contribution in [0.5, 0.6) is 5.75 Å². The van der Waals surface area contributed by atoms with Crippen LogP contribution in [0.1, 0.15) is 54.9 Å². The van der Waals surface area contributed by atoms with Gasteiger partial charge in [0, 0.05) is 0 Å². The van der Waals surface area contributed by atoms with Gasteiger partial charge in [-0.3, -0.25) is 4.52 Å². The molecule has 33 heavy (non-hydrogen) atoms. The first-order chi connectivity index (χ1) is 16.0. The van der Waals surface area contributed by atoms with E-state index in [0.29, 0.717) is 12.5 Å². The summed E-state index contributed by atoms with van der Waals surface area (Å²) in [5.74, 6) is 2.06. The number of aryl methyl sites for hydroxylation is 1. The van der Waals surface area contributed by atoms with Crippen molar-refractivity contribution in [3.8, 4) is 5.75 Å². The highest BCUT2D eigenvalue weighted by Crippen LogP contribution is 2.39. The topological polar surface area (TPSA) is 47.9 Å². The maximum atomic E-state index is 9.93. The van der Waals surface area contributed by atoms with E-state index in [-0.39, 0.29) is 6.79 Å². The second kappa shape index (κ2) is 13.5. The van der Waals surface area contributed by atoms with Crippen molar-refractivity contribution in [2.24, 2.45) is 5.92 Å². The van der Waals surface area contributed by atoms with E-state index in [0.717, 1.165) is 23.7 Å². The number of para-hydroxylation sites is 1. The van der Waals surface area contributed by atoms with Crippen molar-refractivity contribution in [2.45, 2.75) is 52.6 Å². The van der Waals surface area contributed by atoms with Crippen LogP contribution in [0.15, 0.2) is 78.9 Å². The van der Waals surface area contributed by atoms with E-state index in [9.17, 15) is 4.89 Å². The lowest BCUT2D eigenvalue weighted by Crippen LogP contribution is -2.07. The van der Waals surface area contributed by atoms with Gasteiger partial charge in [-0.05, 0) is 54.7 Å². The highest BCUT2D eigenvalue weighted by Gasteiger charge is 2.24. The highest BCUT2D eigenvalue weighted by molar-refractivity contribution is 7.40. The minimum Gasteiger partial charge on any atom is -0.466 e. The fraction of sp³-hybridized carbons (Fsp3) is 0.357. The van der Waals surface area contributed by atoms with E-state index in [1.807, 2.05) is 48.5 Å². The number of hydrogen-bond donors (Lipinski definition) is 1. The maximum Gasteiger partial charge on any atom is 0.333 e. The number of ether oxygens (including phenoxy) is 1. The molecule has 3 aromatic rings. The van der Waals surface area contributed by atoms with Gasteiger partial charge in [0.2, 0.25) is 0 Å². The van der Waals surface area contributed by atoms with Crippen LogP contribution in [0.4, 0.5) is 0 Å². The van der Waals surface area contributed by atoms with Crippen molar-refractivity contribution in [2.75, 3.05) is 6.79 Å². The predicted molar refractivity (Wildman–Crippen MR) is 135 cm³/mol. The molecule has 176 valence electrons. The summed E-state index contributed by atoms with van der Waals surface area (Å²) < 4.78 is 16.7. The summed E-state index contributed by atoms with van der Waals surface area (Å²) in [5, 5.41) is 0. The molecule has 1 fully saturated rings. The van der Waals surface area contributed by atoms with Gasteiger partial charge >= 0.3 is 8.60 Å². The zero-order chi connectivity index (χ0) is 23.5. The maximum absolute atomic E-state index is 9.93. The standard InChI is InChI=1S/C21H27O4P.C7H8/c1-16(2)20-10-6-9-19(13-17-11-12-17)21(20)23-15-25-26(22)24-14-18-7-4-3-5-8-18;1-7-5-3-2-4-6-7/h3-10,16-17,22H,11-15H2,1-2H3;2-6H,1H3. The summed E-state index contributed by atoms with van der Waals surface area (Å²) in [6, 6.07) is 26.3. The van der Waals surface area contributed by atoms with Crippen molar-refractivity contribution in [1.29, 1.82) is 0 Å². The molecular formula is C28H35O4P. The summed E-state index contributed by atoms with van der Waals surface area (Å²) in [7, 11) is -1.96. The van der Waals surface area contributed by atoms with E-state index in [1.165, 1.54) is 29.5 Å². The van der Waals surface area contributed by atoms with Crippen molar-refractivity contribution in [1.82, 2.24) is 0 Å². The van der Waals surface area contributed by atoms with E-state index in [4.69, 9.17) is 13.8 Å². The zero-order valence-corrected chi connectivity index (χ0v) is 20.7. The Morgan fingerprint density at radius 1 is 0.879 bits per heavy atom. The molecule has 3 aromatic carbocycles. The minimum atomic E-state index is -1.96. The summed E-state index contributed by atoms with van der Waals surface area (Å²) in [6.45, 7) is 6.70. The Labute approximate surface area is 199 Å². The van der Waals surface area contributed by atoms with Crippen LogP contribution in [-0.4, -0.2) is 11.7 Å². The molecule has 4 nitrogen and oxygen atoms in total. The molecule has 0 aliphatic heterocycles. The third-order valence-corrected chi connectivity index (χ3v) is 6.12. The van der Waals surface area contributed by atoms with E-state index >= 15 is 0 Å². The van der Waals surface area contributed by atoms with Gasteiger partial charge in [-0.25, -0.2) is 0 Å². The van der Waals surface area contributed by atoms with E-state index in [2.05, 4.69) is 51.1 Å². The van der Waals surface area contributed by atoms with Crippen molar-refractivity contribution >= 4 is 8.60 Å². The number of benzene rings is 3. The molecule has 0 bridgehead atoms.